The average Bonchev–Trinajstić information content (AvgIpc) is 2.97. The average molecular weight is 588 g/mol. The SMILES string of the molecule is CN(C)C1=NC2C(=[N+]([O-])[O-])c3ccc([N+](=O)[O-])cc3C(C1c1ccccc1)C2[N+](=O)[O-].C[N+](C)=C(N)Cc1ccccc1. The first-order valence-corrected chi connectivity index (χ1v) is 13.5. The van der Waals surface area contributed by atoms with Crippen LogP contribution in [-0.2, 0) is 6.42 Å². The number of amidine groups is 2. The number of hydrogen-bond donors (Lipinski definition) is 1. The Morgan fingerprint density at radius 2 is 1.51 bits per heavy atom. The van der Waals surface area contributed by atoms with Gasteiger partial charge in [0.2, 0.25) is 17.6 Å². The summed E-state index contributed by atoms with van der Waals surface area (Å²) in [6, 6.07) is 20.2. The van der Waals surface area contributed by atoms with Crippen LogP contribution in [0, 0.1) is 30.6 Å². The van der Waals surface area contributed by atoms with Crippen LogP contribution in [0.2, 0.25) is 0 Å². The molecule has 224 valence electrons. The highest BCUT2D eigenvalue weighted by atomic mass is 16.8. The van der Waals surface area contributed by atoms with Gasteiger partial charge in [0, 0.05) is 31.2 Å². The standard InChI is InChI=1S/C20H18N5O6.C10H14N2/c1-22(2)20-15(11-6-4-3-5-7-11)16-14-10-12(23(26)27)8-9-13(14)18(24(28)29)17(21-20)19(16)25(30)31;1-12(2)10(11)8-9-6-4-3-5-7-9/h3-10,15-17,19H,1-2H3;3-7,11H,8H2,1-2H3/q-1;/p+1. The van der Waals surface area contributed by atoms with Crippen molar-refractivity contribution in [1.29, 1.82) is 0 Å². The second-order valence-corrected chi connectivity index (χ2v) is 10.7. The highest BCUT2D eigenvalue weighted by Crippen LogP contribution is 2.48. The minimum atomic E-state index is -1.43. The van der Waals surface area contributed by atoms with Crippen molar-refractivity contribution in [3.05, 3.63) is 132 Å². The highest BCUT2D eigenvalue weighted by molar-refractivity contribution is 6.08. The van der Waals surface area contributed by atoms with Gasteiger partial charge in [-0.3, -0.25) is 30.5 Å². The molecule has 13 heteroatoms. The fourth-order valence-electron chi connectivity index (χ4n) is 5.60. The van der Waals surface area contributed by atoms with Gasteiger partial charge in [-0.2, -0.15) is 4.90 Å². The Morgan fingerprint density at radius 1 is 0.907 bits per heavy atom. The number of nitrogens with two attached hydrogens (primary N) is 1. The second-order valence-electron chi connectivity index (χ2n) is 10.7. The first-order chi connectivity index (χ1) is 20.4. The molecule has 2 aliphatic rings. The molecule has 4 unspecified atom stereocenters. The van der Waals surface area contributed by atoms with E-state index in [4.69, 9.17) is 5.73 Å². The Morgan fingerprint density at radius 3 is 2.02 bits per heavy atom. The molecule has 0 spiro atoms. The van der Waals surface area contributed by atoms with Gasteiger partial charge in [0.1, 0.15) is 5.84 Å². The van der Waals surface area contributed by atoms with E-state index in [2.05, 4.69) is 17.1 Å². The monoisotopic (exact) mass is 587 g/mol. The quantitative estimate of drug-likeness (QED) is 0.118. The number of non-ortho nitro benzene ring substituents is 1. The third-order valence-electron chi connectivity index (χ3n) is 7.62. The normalized spacial score (nSPS) is 20.0. The molecular formula is C30H33N7O6. The van der Waals surface area contributed by atoms with Crippen molar-refractivity contribution >= 4 is 23.1 Å². The van der Waals surface area contributed by atoms with Gasteiger partial charge in [-0.1, -0.05) is 60.7 Å². The Kier molecular flexibility index (Phi) is 9.03. The fraction of sp³-hybridized carbons (Fsp3) is 0.300. The van der Waals surface area contributed by atoms with Gasteiger partial charge in [-0.05, 0) is 22.8 Å². The van der Waals surface area contributed by atoms with Crippen molar-refractivity contribution in [2.45, 2.75) is 30.3 Å². The Balaban J connectivity index is 0.000000296. The lowest BCUT2D eigenvalue weighted by atomic mass is 9.65. The van der Waals surface area contributed by atoms with Crippen molar-refractivity contribution in [3.8, 4) is 0 Å². The highest BCUT2D eigenvalue weighted by Gasteiger charge is 2.59. The van der Waals surface area contributed by atoms with Crippen LogP contribution in [0.3, 0.4) is 0 Å². The summed E-state index contributed by atoms with van der Waals surface area (Å²) in [7, 11) is 7.35. The van der Waals surface area contributed by atoms with E-state index >= 15 is 0 Å². The predicted octanol–water partition coefficient (Wildman–Crippen LogP) is 3.12. The summed E-state index contributed by atoms with van der Waals surface area (Å²) in [5.74, 6) is -0.121. The van der Waals surface area contributed by atoms with Gasteiger partial charge in [0.25, 0.3) is 11.7 Å². The van der Waals surface area contributed by atoms with Gasteiger partial charge < -0.3 is 15.3 Å². The van der Waals surface area contributed by atoms with Crippen LogP contribution in [0.4, 0.5) is 5.69 Å². The molecule has 3 aromatic carbocycles. The zero-order chi connectivity index (χ0) is 31.4. The molecule has 0 amide bonds. The molecule has 0 fully saturated rings. The molecule has 3 aromatic rings. The molecule has 1 aliphatic carbocycles. The van der Waals surface area contributed by atoms with Gasteiger partial charge in [0.05, 0.1) is 42.8 Å². The molecule has 0 saturated heterocycles. The Labute approximate surface area is 248 Å². The van der Waals surface area contributed by atoms with E-state index in [1.807, 2.05) is 55.1 Å². The van der Waals surface area contributed by atoms with Crippen molar-refractivity contribution in [3.63, 3.8) is 0 Å². The fourth-order valence-corrected chi connectivity index (χ4v) is 5.60. The smallest absolute Gasteiger partial charge is 0.269 e. The Hall–Kier alpha value is -5.33. The maximum Gasteiger partial charge on any atom is 0.269 e. The molecule has 13 nitrogen and oxygen atoms in total. The summed E-state index contributed by atoms with van der Waals surface area (Å²) < 4.78 is 1.94. The van der Waals surface area contributed by atoms with Crippen LogP contribution in [0.1, 0.15) is 34.1 Å². The zero-order valence-corrected chi connectivity index (χ0v) is 24.2. The molecule has 2 bridgehead atoms. The number of nitro benzene ring substituents is 1. The van der Waals surface area contributed by atoms with Gasteiger partial charge in [-0.25, -0.2) is 4.99 Å². The van der Waals surface area contributed by atoms with E-state index in [9.17, 15) is 30.6 Å². The summed E-state index contributed by atoms with van der Waals surface area (Å²) in [5, 5.41) is 47.5. The molecule has 5 rings (SSSR count). The van der Waals surface area contributed by atoms with Crippen molar-refractivity contribution in [2.75, 3.05) is 28.2 Å². The molecule has 1 heterocycles. The first-order valence-electron chi connectivity index (χ1n) is 13.5. The molecule has 4 atom stereocenters. The lowest BCUT2D eigenvalue weighted by Gasteiger charge is -2.42. The number of benzene rings is 3. The van der Waals surface area contributed by atoms with Crippen molar-refractivity contribution < 1.29 is 19.3 Å². The van der Waals surface area contributed by atoms with Crippen LogP contribution >= 0.6 is 0 Å². The maximum absolute atomic E-state index is 12.2. The third-order valence-corrected chi connectivity index (χ3v) is 7.62. The zero-order valence-electron chi connectivity index (χ0n) is 24.2. The van der Waals surface area contributed by atoms with Crippen LogP contribution < -0.4 is 5.73 Å². The minimum absolute atomic E-state index is 0.159. The molecule has 0 aromatic heterocycles. The summed E-state index contributed by atoms with van der Waals surface area (Å²) in [5.41, 5.74) is 7.49. The summed E-state index contributed by atoms with van der Waals surface area (Å²) in [6.45, 7) is 0. The van der Waals surface area contributed by atoms with Gasteiger partial charge in [-0.15, -0.1) is 0 Å². The van der Waals surface area contributed by atoms with E-state index in [1.54, 1.807) is 31.1 Å². The van der Waals surface area contributed by atoms with E-state index in [0.717, 1.165) is 17.8 Å². The number of fused-ring (bicyclic) bond motifs is 4. The van der Waals surface area contributed by atoms with E-state index < -0.39 is 44.4 Å². The third kappa shape index (κ3) is 6.30. The van der Waals surface area contributed by atoms with Crippen LogP contribution in [0.15, 0.2) is 83.9 Å². The van der Waals surface area contributed by atoms with Gasteiger partial charge >= 0.3 is 0 Å². The summed E-state index contributed by atoms with van der Waals surface area (Å²) in [6.07, 6.45) is 0.827. The van der Waals surface area contributed by atoms with E-state index in [1.165, 1.54) is 23.8 Å². The lowest BCUT2D eigenvalue weighted by Crippen LogP contribution is -2.56. The minimum Gasteiger partial charge on any atom is -0.612 e. The van der Waals surface area contributed by atoms with Gasteiger partial charge in [0.15, 0.2) is 0 Å². The molecule has 0 radical (unpaired) electrons. The number of aliphatic imine (C=N–C) groups is 1. The van der Waals surface area contributed by atoms with Crippen LogP contribution in [0.25, 0.3) is 0 Å². The molecule has 2 N–H and O–H groups in total. The number of rotatable bonds is 5. The number of nitrogens with zero attached hydrogens (tertiary/aromatic N) is 6. The van der Waals surface area contributed by atoms with Crippen molar-refractivity contribution in [2.24, 2.45) is 10.7 Å². The molecule has 1 aliphatic heterocycles. The van der Waals surface area contributed by atoms with Crippen LogP contribution in [-0.4, -0.2) is 81.9 Å². The molecular weight excluding hydrogens is 554 g/mol. The lowest BCUT2D eigenvalue weighted by molar-refractivity contribution is -0.530. The largest absolute Gasteiger partial charge is 0.612 e. The number of hydrogen-bond acceptors (Lipinski definition) is 8. The van der Waals surface area contributed by atoms with E-state index in [-0.39, 0.29) is 16.8 Å². The summed E-state index contributed by atoms with van der Waals surface area (Å²) in [4.78, 5) is 28.0. The maximum atomic E-state index is 12.2. The Bertz CT molecular complexity index is 1600. The summed E-state index contributed by atoms with van der Waals surface area (Å²) >= 11 is 0. The second kappa shape index (κ2) is 12.7. The predicted molar refractivity (Wildman–Crippen MR) is 163 cm³/mol. The first kappa shape index (κ1) is 30.6. The number of nitro groups is 2. The topological polar surface area (TPSA) is 180 Å². The molecule has 43 heavy (non-hydrogen) atoms. The number of likely N-dealkylation sites (N-methyl/N-ethyl adjacent to an activating group) is 1. The van der Waals surface area contributed by atoms with Crippen molar-refractivity contribution in [1.82, 2.24) is 4.90 Å². The van der Waals surface area contributed by atoms with E-state index in [0.29, 0.717) is 5.84 Å². The molecule has 0 saturated carbocycles. The van der Waals surface area contributed by atoms with Crippen LogP contribution in [0.5, 0.6) is 0 Å².